The highest BCUT2D eigenvalue weighted by Crippen LogP contribution is 2.13. The van der Waals surface area contributed by atoms with Crippen molar-refractivity contribution in [2.45, 2.75) is 19.8 Å². The highest BCUT2D eigenvalue weighted by atomic mass is 127. The van der Waals surface area contributed by atoms with Gasteiger partial charge in [-0.05, 0) is 70.1 Å². The third-order valence-corrected chi connectivity index (χ3v) is 4.48. The van der Waals surface area contributed by atoms with Gasteiger partial charge in [0.2, 0.25) is 0 Å². The van der Waals surface area contributed by atoms with Crippen molar-refractivity contribution in [1.82, 2.24) is 5.32 Å². The van der Waals surface area contributed by atoms with E-state index in [1.54, 1.807) is 6.26 Å². The number of hydrogen-bond acceptors (Lipinski definition) is 4. The maximum Gasteiger partial charge on any atom is 0.258 e. The Labute approximate surface area is 171 Å². The van der Waals surface area contributed by atoms with Crippen LogP contribution in [-0.2, 0) is 29.3 Å². The molecule has 3 rings (SSSR count). The molecule has 0 bridgehead atoms. The van der Waals surface area contributed by atoms with Crippen molar-refractivity contribution in [2.75, 3.05) is 6.61 Å². The van der Waals surface area contributed by atoms with E-state index in [0.717, 1.165) is 20.5 Å². The summed E-state index contributed by atoms with van der Waals surface area (Å²) in [6.07, 6.45) is 1.63. The number of furan rings is 1. The zero-order chi connectivity index (χ0) is 18.9. The summed E-state index contributed by atoms with van der Waals surface area (Å²) in [5, 5.41) is 2.87. The smallest absolute Gasteiger partial charge is 0.258 e. The Morgan fingerprint density at radius 3 is 2.59 bits per heavy atom. The van der Waals surface area contributed by atoms with Gasteiger partial charge < -0.3 is 19.2 Å². The number of halogens is 1. The summed E-state index contributed by atoms with van der Waals surface area (Å²) in [5.41, 5.74) is 2.06. The number of rotatable bonds is 9. The first-order valence-electron chi connectivity index (χ1n) is 8.52. The van der Waals surface area contributed by atoms with E-state index in [4.69, 9.17) is 13.9 Å². The lowest BCUT2D eigenvalue weighted by molar-refractivity contribution is -0.123. The number of ether oxygens (including phenoxy) is 2. The molecule has 0 atom stereocenters. The second-order valence-electron chi connectivity index (χ2n) is 5.91. The quantitative estimate of drug-likeness (QED) is 0.467. The Kier molecular flexibility index (Phi) is 7.29. The van der Waals surface area contributed by atoms with Crippen molar-refractivity contribution >= 4 is 28.5 Å². The fraction of sp³-hybridized carbons (Fsp3) is 0.190. The van der Waals surface area contributed by atoms with Gasteiger partial charge in [-0.2, -0.15) is 0 Å². The predicted molar refractivity (Wildman–Crippen MR) is 110 cm³/mol. The Morgan fingerprint density at radius 2 is 1.81 bits per heavy atom. The molecule has 140 valence electrons. The van der Waals surface area contributed by atoms with Gasteiger partial charge in [-0.25, -0.2) is 0 Å². The summed E-state index contributed by atoms with van der Waals surface area (Å²) in [6, 6.07) is 19.2. The van der Waals surface area contributed by atoms with Gasteiger partial charge in [0, 0.05) is 10.1 Å². The van der Waals surface area contributed by atoms with Gasteiger partial charge in [0.15, 0.2) is 6.61 Å². The number of nitrogens with one attached hydrogen (secondary N) is 1. The molecule has 0 aliphatic heterocycles. The maximum atomic E-state index is 12.0. The molecule has 1 N–H and O–H groups in total. The van der Waals surface area contributed by atoms with Crippen LogP contribution in [0.25, 0.3) is 0 Å². The zero-order valence-electron chi connectivity index (χ0n) is 14.7. The molecule has 0 saturated heterocycles. The van der Waals surface area contributed by atoms with Gasteiger partial charge in [0.25, 0.3) is 5.91 Å². The van der Waals surface area contributed by atoms with Crippen LogP contribution in [0.2, 0.25) is 0 Å². The van der Waals surface area contributed by atoms with Crippen LogP contribution < -0.4 is 10.1 Å². The number of carbonyl (C=O) groups excluding carboxylic acids is 1. The van der Waals surface area contributed by atoms with Crippen LogP contribution in [-0.4, -0.2) is 12.5 Å². The SMILES string of the molecule is O=C(COc1ccc(I)cc1)NCc1cccc(COCc2ccco2)c1. The van der Waals surface area contributed by atoms with E-state index in [2.05, 4.69) is 27.9 Å². The molecule has 1 heterocycles. The molecule has 0 spiro atoms. The summed E-state index contributed by atoms with van der Waals surface area (Å²) < 4.78 is 17.5. The minimum atomic E-state index is -0.159. The van der Waals surface area contributed by atoms with Gasteiger partial charge in [-0.15, -0.1) is 0 Å². The highest BCUT2D eigenvalue weighted by molar-refractivity contribution is 14.1. The molecular formula is C21H20INO4. The van der Waals surface area contributed by atoms with E-state index >= 15 is 0 Å². The second kappa shape index (κ2) is 10.1. The maximum absolute atomic E-state index is 12.0. The van der Waals surface area contributed by atoms with Gasteiger partial charge in [-0.3, -0.25) is 4.79 Å². The third kappa shape index (κ3) is 6.73. The summed E-state index contributed by atoms with van der Waals surface area (Å²) in [7, 11) is 0. The molecule has 1 aromatic heterocycles. The molecule has 3 aromatic rings. The van der Waals surface area contributed by atoms with Crippen molar-refractivity contribution in [1.29, 1.82) is 0 Å². The Morgan fingerprint density at radius 1 is 1.00 bits per heavy atom. The Bertz CT molecular complexity index is 847. The molecule has 5 nitrogen and oxygen atoms in total. The molecular weight excluding hydrogens is 457 g/mol. The van der Waals surface area contributed by atoms with E-state index in [0.29, 0.717) is 25.5 Å². The largest absolute Gasteiger partial charge is 0.484 e. The van der Waals surface area contributed by atoms with Gasteiger partial charge in [0.1, 0.15) is 18.1 Å². The lowest BCUT2D eigenvalue weighted by atomic mass is 10.1. The van der Waals surface area contributed by atoms with E-state index < -0.39 is 0 Å². The first-order valence-corrected chi connectivity index (χ1v) is 9.60. The normalized spacial score (nSPS) is 10.6. The topological polar surface area (TPSA) is 60.7 Å². The molecule has 1 amide bonds. The minimum Gasteiger partial charge on any atom is -0.484 e. The Hall–Kier alpha value is -2.32. The summed E-state index contributed by atoms with van der Waals surface area (Å²) >= 11 is 2.22. The molecule has 0 unspecified atom stereocenters. The Balaban J connectivity index is 1.40. The molecule has 6 heteroatoms. The summed E-state index contributed by atoms with van der Waals surface area (Å²) in [4.78, 5) is 12.0. The fourth-order valence-electron chi connectivity index (χ4n) is 2.42. The van der Waals surface area contributed by atoms with E-state index in [9.17, 15) is 4.79 Å². The monoisotopic (exact) mass is 477 g/mol. The lowest BCUT2D eigenvalue weighted by Gasteiger charge is -2.09. The van der Waals surface area contributed by atoms with Gasteiger partial charge in [-0.1, -0.05) is 24.3 Å². The summed E-state index contributed by atoms with van der Waals surface area (Å²) in [6.45, 7) is 1.36. The van der Waals surface area contributed by atoms with Crippen molar-refractivity contribution < 1.29 is 18.7 Å². The van der Waals surface area contributed by atoms with Gasteiger partial charge in [0.05, 0.1) is 12.9 Å². The summed E-state index contributed by atoms with van der Waals surface area (Å²) in [5.74, 6) is 1.32. The molecule has 0 aliphatic rings. The van der Waals surface area contributed by atoms with Crippen LogP contribution in [0, 0.1) is 3.57 Å². The molecule has 0 fully saturated rings. The third-order valence-electron chi connectivity index (χ3n) is 3.76. The van der Waals surface area contributed by atoms with Crippen molar-refractivity contribution in [3.8, 4) is 5.75 Å². The molecule has 2 aromatic carbocycles. The highest BCUT2D eigenvalue weighted by Gasteiger charge is 2.04. The molecule has 0 aliphatic carbocycles. The van der Waals surface area contributed by atoms with Crippen LogP contribution in [0.4, 0.5) is 0 Å². The zero-order valence-corrected chi connectivity index (χ0v) is 16.8. The lowest BCUT2D eigenvalue weighted by Crippen LogP contribution is -2.28. The number of amides is 1. The first kappa shape index (κ1) is 19.4. The van der Waals surface area contributed by atoms with Crippen LogP contribution in [0.3, 0.4) is 0 Å². The number of hydrogen-bond donors (Lipinski definition) is 1. The van der Waals surface area contributed by atoms with Gasteiger partial charge >= 0.3 is 0 Å². The van der Waals surface area contributed by atoms with Crippen molar-refractivity contribution in [2.24, 2.45) is 0 Å². The molecule has 0 radical (unpaired) electrons. The predicted octanol–water partition coefficient (Wildman–Crippen LogP) is 4.30. The number of carbonyl (C=O) groups is 1. The van der Waals surface area contributed by atoms with Crippen molar-refractivity contribution in [3.05, 3.63) is 87.4 Å². The average molecular weight is 477 g/mol. The van der Waals surface area contributed by atoms with E-state index in [1.807, 2.05) is 60.7 Å². The molecule has 27 heavy (non-hydrogen) atoms. The minimum absolute atomic E-state index is 0.00740. The standard InChI is InChI=1S/C21H20INO4/c22-18-6-8-19(9-7-18)27-15-21(24)23-12-16-3-1-4-17(11-16)13-25-14-20-5-2-10-26-20/h1-11H,12-15H2,(H,23,24). The second-order valence-corrected chi connectivity index (χ2v) is 7.16. The average Bonchev–Trinajstić information content (AvgIpc) is 3.20. The van der Waals surface area contributed by atoms with Crippen LogP contribution in [0.15, 0.2) is 71.3 Å². The number of benzene rings is 2. The van der Waals surface area contributed by atoms with Crippen LogP contribution in [0.1, 0.15) is 16.9 Å². The van der Waals surface area contributed by atoms with E-state index in [-0.39, 0.29) is 12.5 Å². The fourth-order valence-corrected chi connectivity index (χ4v) is 2.78. The van der Waals surface area contributed by atoms with Crippen LogP contribution in [0.5, 0.6) is 5.75 Å². The van der Waals surface area contributed by atoms with Crippen molar-refractivity contribution in [3.63, 3.8) is 0 Å². The first-order chi connectivity index (χ1) is 13.2. The van der Waals surface area contributed by atoms with Crippen LogP contribution >= 0.6 is 22.6 Å². The molecule has 0 saturated carbocycles. The van der Waals surface area contributed by atoms with E-state index in [1.165, 1.54) is 0 Å².